The fourth-order valence-corrected chi connectivity index (χ4v) is 1.76. The molecule has 1 aromatic heterocycles. The van der Waals surface area contributed by atoms with Gasteiger partial charge >= 0.3 is 0 Å². The van der Waals surface area contributed by atoms with Crippen LogP contribution >= 0.6 is 0 Å². The van der Waals surface area contributed by atoms with E-state index in [1.807, 2.05) is 20.8 Å². The van der Waals surface area contributed by atoms with Gasteiger partial charge in [-0.25, -0.2) is 0 Å². The van der Waals surface area contributed by atoms with Crippen molar-refractivity contribution in [2.24, 2.45) is 0 Å². The third kappa shape index (κ3) is 3.30. The molecule has 18 heavy (non-hydrogen) atoms. The second-order valence-electron chi connectivity index (χ2n) is 4.13. The zero-order valence-corrected chi connectivity index (χ0v) is 11.2. The van der Waals surface area contributed by atoms with E-state index in [0.29, 0.717) is 25.1 Å². The van der Waals surface area contributed by atoms with Crippen molar-refractivity contribution in [1.82, 2.24) is 15.1 Å². The zero-order valence-electron chi connectivity index (χ0n) is 11.2. The van der Waals surface area contributed by atoms with Crippen LogP contribution in [0.25, 0.3) is 0 Å². The monoisotopic (exact) mass is 245 g/mol. The van der Waals surface area contributed by atoms with E-state index < -0.39 is 0 Å². The maximum atomic E-state index is 12.4. The van der Waals surface area contributed by atoms with E-state index in [0.717, 1.165) is 17.8 Å². The largest absolute Gasteiger partial charge is 0.327 e. The molecule has 1 rings (SSSR count). The minimum Gasteiger partial charge on any atom is -0.327 e. The number of carbonyl (C=O) groups is 1. The minimum absolute atomic E-state index is 0.0512. The number of terminal acetylenes is 1. The summed E-state index contributed by atoms with van der Waals surface area (Å²) in [7, 11) is 0. The molecular formula is C14H19N3O. The van der Waals surface area contributed by atoms with Gasteiger partial charge in [-0.3, -0.25) is 4.79 Å². The molecule has 0 aliphatic rings. The lowest BCUT2D eigenvalue weighted by Gasteiger charge is -2.20. The van der Waals surface area contributed by atoms with E-state index in [1.54, 1.807) is 11.0 Å². The Balaban J connectivity index is 3.07. The minimum atomic E-state index is -0.0512. The first-order chi connectivity index (χ1) is 8.63. The van der Waals surface area contributed by atoms with Gasteiger partial charge in [0.25, 0.3) is 5.91 Å². The molecule has 0 aromatic carbocycles. The van der Waals surface area contributed by atoms with Gasteiger partial charge in [-0.1, -0.05) is 19.8 Å². The standard InChI is InChI=1S/C14H19N3O/c1-5-8-17(9-6-2)14(18)12-10-11(4)15-16-13(12)7-3/h1,10H,6-9H2,2-4H3. The van der Waals surface area contributed by atoms with Gasteiger partial charge in [-0.15, -0.1) is 6.42 Å². The van der Waals surface area contributed by atoms with E-state index >= 15 is 0 Å². The van der Waals surface area contributed by atoms with E-state index in [2.05, 4.69) is 16.1 Å². The number of nitrogens with zero attached hydrogens (tertiary/aromatic N) is 3. The Morgan fingerprint density at radius 3 is 2.72 bits per heavy atom. The number of rotatable bonds is 5. The van der Waals surface area contributed by atoms with Crippen molar-refractivity contribution in [3.63, 3.8) is 0 Å². The smallest absolute Gasteiger partial charge is 0.256 e. The first kappa shape index (κ1) is 14.2. The summed E-state index contributed by atoms with van der Waals surface area (Å²) in [5.41, 5.74) is 2.09. The van der Waals surface area contributed by atoms with Crippen LogP contribution in [0.3, 0.4) is 0 Å². The molecule has 0 spiro atoms. The Morgan fingerprint density at radius 1 is 1.44 bits per heavy atom. The average Bonchev–Trinajstić information content (AvgIpc) is 2.37. The highest BCUT2D eigenvalue weighted by molar-refractivity contribution is 5.95. The van der Waals surface area contributed by atoms with Crippen LogP contribution in [-0.2, 0) is 6.42 Å². The van der Waals surface area contributed by atoms with Crippen LogP contribution in [0.4, 0.5) is 0 Å². The second-order valence-corrected chi connectivity index (χ2v) is 4.13. The Morgan fingerprint density at radius 2 is 2.17 bits per heavy atom. The fraction of sp³-hybridized carbons (Fsp3) is 0.500. The molecule has 1 amide bonds. The van der Waals surface area contributed by atoms with E-state index in [1.165, 1.54) is 0 Å². The predicted octanol–water partition coefficient (Wildman–Crippen LogP) is 1.83. The summed E-state index contributed by atoms with van der Waals surface area (Å²) < 4.78 is 0. The molecule has 0 N–H and O–H groups in total. The molecule has 96 valence electrons. The highest BCUT2D eigenvalue weighted by atomic mass is 16.2. The molecule has 0 saturated heterocycles. The second kappa shape index (κ2) is 6.75. The molecule has 4 nitrogen and oxygen atoms in total. The maximum absolute atomic E-state index is 12.4. The van der Waals surface area contributed by atoms with Crippen LogP contribution in [0.15, 0.2) is 6.07 Å². The lowest BCUT2D eigenvalue weighted by atomic mass is 10.1. The van der Waals surface area contributed by atoms with Gasteiger partial charge in [0.1, 0.15) is 0 Å². The van der Waals surface area contributed by atoms with Gasteiger partial charge in [-0.2, -0.15) is 10.2 Å². The molecule has 0 unspecified atom stereocenters. The van der Waals surface area contributed by atoms with E-state index in [-0.39, 0.29) is 5.91 Å². The van der Waals surface area contributed by atoms with Gasteiger partial charge in [0.2, 0.25) is 0 Å². The number of aryl methyl sites for hydroxylation is 2. The predicted molar refractivity (Wildman–Crippen MR) is 71.2 cm³/mol. The Hall–Kier alpha value is -1.89. The summed E-state index contributed by atoms with van der Waals surface area (Å²) in [4.78, 5) is 14.1. The molecule has 0 aliphatic heterocycles. The molecule has 0 bridgehead atoms. The van der Waals surface area contributed by atoms with E-state index in [4.69, 9.17) is 6.42 Å². The van der Waals surface area contributed by atoms with Crippen LogP contribution in [0.5, 0.6) is 0 Å². The topological polar surface area (TPSA) is 46.1 Å². The van der Waals surface area contributed by atoms with Crippen LogP contribution in [-0.4, -0.2) is 34.1 Å². The Labute approximate surface area is 108 Å². The summed E-state index contributed by atoms with van der Waals surface area (Å²) in [5, 5.41) is 8.05. The van der Waals surface area contributed by atoms with Crippen molar-refractivity contribution in [1.29, 1.82) is 0 Å². The average molecular weight is 245 g/mol. The lowest BCUT2D eigenvalue weighted by Crippen LogP contribution is -2.33. The van der Waals surface area contributed by atoms with Gasteiger partial charge in [0.15, 0.2) is 0 Å². The van der Waals surface area contributed by atoms with Crippen molar-refractivity contribution >= 4 is 5.91 Å². The number of hydrogen-bond acceptors (Lipinski definition) is 3. The summed E-state index contributed by atoms with van der Waals surface area (Å²) >= 11 is 0. The molecule has 4 heteroatoms. The maximum Gasteiger partial charge on any atom is 0.256 e. The van der Waals surface area contributed by atoms with Crippen molar-refractivity contribution in [3.05, 3.63) is 23.0 Å². The van der Waals surface area contributed by atoms with Crippen LogP contribution < -0.4 is 0 Å². The SMILES string of the molecule is C#CCN(CCC)C(=O)c1cc(C)nnc1CC. The molecule has 1 aromatic rings. The Kier molecular flexibility index (Phi) is 5.31. The summed E-state index contributed by atoms with van der Waals surface area (Å²) in [6, 6.07) is 1.79. The number of carbonyl (C=O) groups excluding carboxylic acids is 1. The third-order valence-electron chi connectivity index (χ3n) is 2.62. The molecule has 0 atom stereocenters. The first-order valence-corrected chi connectivity index (χ1v) is 6.19. The van der Waals surface area contributed by atoms with Crippen molar-refractivity contribution in [2.75, 3.05) is 13.1 Å². The summed E-state index contributed by atoms with van der Waals surface area (Å²) in [6.07, 6.45) is 6.87. The molecule has 0 radical (unpaired) electrons. The van der Waals surface area contributed by atoms with E-state index in [9.17, 15) is 4.79 Å². The van der Waals surface area contributed by atoms with Gasteiger partial charge in [0, 0.05) is 6.54 Å². The van der Waals surface area contributed by atoms with Gasteiger partial charge in [-0.05, 0) is 25.8 Å². The third-order valence-corrected chi connectivity index (χ3v) is 2.62. The Bertz CT molecular complexity index is 463. The lowest BCUT2D eigenvalue weighted by molar-refractivity contribution is 0.0775. The quantitative estimate of drug-likeness (QED) is 0.743. The number of aromatic nitrogens is 2. The van der Waals surface area contributed by atoms with Crippen LogP contribution in [0, 0.1) is 19.3 Å². The summed E-state index contributed by atoms with van der Waals surface area (Å²) in [5.74, 6) is 2.47. The molecule has 0 saturated carbocycles. The molecule has 0 aliphatic carbocycles. The van der Waals surface area contributed by atoms with Crippen LogP contribution in [0.1, 0.15) is 42.0 Å². The highest BCUT2D eigenvalue weighted by Gasteiger charge is 2.18. The molecule has 1 heterocycles. The number of amides is 1. The van der Waals surface area contributed by atoms with Crippen LogP contribution in [0.2, 0.25) is 0 Å². The summed E-state index contributed by atoms with van der Waals surface area (Å²) in [6.45, 7) is 6.80. The molecular weight excluding hydrogens is 226 g/mol. The van der Waals surface area contributed by atoms with Crippen molar-refractivity contribution in [2.45, 2.75) is 33.6 Å². The van der Waals surface area contributed by atoms with Gasteiger partial charge < -0.3 is 4.90 Å². The first-order valence-electron chi connectivity index (χ1n) is 6.19. The van der Waals surface area contributed by atoms with Gasteiger partial charge in [0.05, 0.1) is 23.5 Å². The zero-order chi connectivity index (χ0) is 13.5. The fourth-order valence-electron chi connectivity index (χ4n) is 1.76. The molecule has 0 fully saturated rings. The van der Waals surface area contributed by atoms with Crippen molar-refractivity contribution in [3.8, 4) is 12.3 Å². The number of hydrogen-bond donors (Lipinski definition) is 0. The highest BCUT2D eigenvalue weighted by Crippen LogP contribution is 2.11. The van der Waals surface area contributed by atoms with Crippen molar-refractivity contribution < 1.29 is 4.79 Å². The normalized spacial score (nSPS) is 9.89.